The van der Waals surface area contributed by atoms with E-state index in [0.717, 1.165) is 37.5 Å². The molecule has 0 radical (unpaired) electrons. The van der Waals surface area contributed by atoms with Crippen LogP contribution in [-0.2, 0) is 11.3 Å². The van der Waals surface area contributed by atoms with Crippen molar-refractivity contribution < 1.29 is 13.9 Å². The van der Waals surface area contributed by atoms with Crippen LogP contribution in [0.4, 0.5) is 0 Å². The fourth-order valence-corrected chi connectivity index (χ4v) is 2.69. The minimum atomic E-state index is 0.412. The number of aromatic nitrogens is 2. The molecule has 0 saturated carbocycles. The lowest BCUT2D eigenvalue weighted by molar-refractivity contribution is -0.0160. The molecule has 0 N–H and O–H groups in total. The quantitative estimate of drug-likeness (QED) is 0.845. The molecule has 3 rings (SSSR count). The Labute approximate surface area is 130 Å². The van der Waals surface area contributed by atoms with E-state index in [4.69, 9.17) is 13.9 Å². The van der Waals surface area contributed by atoms with E-state index >= 15 is 0 Å². The summed E-state index contributed by atoms with van der Waals surface area (Å²) in [5, 5.41) is 8.33. The standard InChI is InChI=1S/C16H21N3O3/c1-3-12-11-21-9-8-19(12)10-15-17-18-16(22-15)13-6-4-5-7-14(13)20-2/h4-7,12H,3,8-11H2,1-2H3/t12-/m0/s1. The van der Waals surface area contributed by atoms with Gasteiger partial charge >= 0.3 is 0 Å². The van der Waals surface area contributed by atoms with E-state index in [1.807, 2.05) is 24.3 Å². The summed E-state index contributed by atoms with van der Waals surface area (Å²) in [5.41, 5.74) is 0.817. The van der Waals surface area contributed by atoms with Crippen molar-refractivity contribution in [3.05, 3.63) is 30.2 Å². The lowest BCUT2D eigenvalue weighted by Gasteiger charge is -2.33. The van der Waals surface area contributed by atoms with Gasteiger partial charge in [-0.25, -0.2) is 0 Å². The molecule has 1 atom stereocenters. The predicted molar refractivity (Wildman–Crippen MR) is 81.6 cm³/mol. The largest absolute Gasteiger partial charge is 0.496 e. The van der Waals surface area contributed by atoms with Crippen molar-refractivity contribution in [1.82, 2.24) is 15.1 Å². The first-order valence-corrected chi connectivity index (χ1v) is 7.59. The van der Waals surface area contributed by atoms with Gasteiger partial charge in [-0.2, -0.15) is 0 Å². The molecular formula is C16H21N3O3. The second-order valence-corrected chi connectivity index (χ2v) is 5.31. The summed E-state index contributed by atoms with van der Waals surface area (Å²) in [6.07, 6.45) is 1.05. The molecule has 1 saturated heterocycles. The number of para-hydroxylation sites is 1. The van der Waals surface area contributed by atoms with E-state index in [9.17, 15) is 0 Å². The first-order valence-electron chi connectivity index (χ1n) is 7.59. The Balaban J connectivity index is 1.76. The smallest absolute Gasteiger partial charge is 0.251 e. The maximum Gasteiger partial charge on any atom is 0.251 e. The van der Waals surface area contributed by atoms with E-state index in [-0.39, 0.29) is 0 Å². The normalized spacial score (nSPS) is 19.3. The molecule has 1 aliphatic heterocycles. The number of methoxy groups -OCH3 is 1. The summed E-state index contributed by atoms with van der Waals surface area (Å²) in [5.74, 6) is 1.85. The van der Waals surface area contributed by atoms with Crippen molar-refractivity contribution in [3.8, 4) is 17.2 Å². The fraction of sp³-hybridized carbons (Fsp3) is 0.500. The van der Waals surface area contributed by atoms with Gasteiger partial charge in [0, 0.05) is 12.6 Å². The summed E-state index contributed by atoms with van der Waals surface area (Å²) in [7, 11) is 1.63. The Kier molecular flexibility index (Phi) is 4.70. The lowest BCUT2D eigenvalue weighted by atomic mass is 10.2. The monoisotopic (exact) mass is 303 g/mol. The SMILES string of the molecule is CC[C@H]1COCCN1Cc1nnc(-c2ccccc2OC)o1. The van der Waals surface area contributed by atoms with Crippen LogP contribution in [0, 0.1) is 0 Å². The third-order valence-corrected chi connectivity index (χ3v) is 3.96. The summed E-state index contributed by atoms with van der Waals surface area (Å²) in [6.45, 7) is 5.24. The van der Waals surface area contributed by atoms with Crippen molar-refractivity contribution in [1.29, 1.82) is 0 Å². The Morgan fingerprint density at radius 1 is 1.32 bits per heavy atom. The highest BCUT2D eigenvalue weighted by atomic mass is 16.5. The number of morpholine rings is 1. The highest BCUT2D eigenvalue weighted by molar-refractivity contribution is 5.62. The molecule has 6 nitrogen and oxygen atoms in total. The minimum Gasteiger partial charge on any atom is -0.496 e. The molecule has 2 heterocycles. The van der Waals surface area contributed by atoms with E-state index in [1.54, 1.807) is 7.11 Å². The third-order valence-electron chi connectivity index (χ3n) is 3.96. The summed E-state index contributed by atoms with van der Waals surface area (Å²) < 4.78 is 16.7. The summed E-state index contributed by atoms with van der Waals surface area (Å²) in [4.78, 5) is 2.34. The zero-order valence-corrected chi connectivity index (χ0v) is 13.0. The van der Waals surface area contributed by atoms with E-state index < -0.39 is 0 Å². The van der Waals surface area contributed by atoms with Crippen molar-refractivity contribution in [2.24, 2.45) is 0 Å². The van der Waals surface area contributed by atoms with Crippen molar-refractivity contribution >= 4 is 0 Å². The number of hydrogen-bond acceptors (Lipinski definition) is 6. The van der Waals surface area contributed by atoms with Gasteiger partial charge in [0.1, 0.15) is 5.75 Å². The molecule has 1 aromatic heterocycles. The van der Waals surface area contributed by atoms with Gasteiger partial charge in [0.15, 0.2) is 0 Å². The number of ether oxygens (including phenoxy) is 2. The van der Waals surface area contributed by atoms with Crippen LogP contribution in [0.2, 0.25) is 0 Å². The van der Waals surface area contributed by atoms with Crippen LogP contribution < -0.4 is 4.74 Å². The van der Waals surface area contributed by atoms with E-state index in [0.29, 0.717) is 24.4 Å². The average Bonchev–Trinajstić information content (AvgIpc) is 3.03. The maximum atomic E-state index is 5.82. The van der Waals surface area contributed by atoms with Crippen LogP contribution in [0.25, 0.3) is 11.5 Å². The molecule has 0 aliphatic carbocycles. The van der Waals surface area contributed by atoms with Gasteiger partial charge in [-0.05, 0) is 18.6 Å². The Hall–Kier alpha value is -1.92. The topological polar surface area (TPSA) is 60.6 Å². The second-order valence-electron chi connectivity index (χ2n) is 5.31. The molecule has 1 aromatic carbocycles. The minimum absolute atomic E-state index is 0.412. The van der Waals surface area contributed by atoms with Crippen molar-refractivity contribution in [2.45, 2.75) is 25.9 Å². The highest BCUT2D eigenvalue weighted by Crippen LogP contribution is 2.28. The molecule has 118 valence electrons. The van der Waals surface area contributed by atoms with Gasteiger partial charge in [0.2, 0.25) is 5.89 Å². The molecule has 0 spiro atoms. The predicted octanol–water partition coefficient (Wildman–Crippen LogP) is 2.36. The molecule has 1 aliphatic rings. The van der Waals surface area contributed by atoms with Crippen LogP contribution in [0.5, 0.6) is 5.75 Å². The van der Waals surface area contributed by atoms with Gasteiger partial charge in [-0.15, -0.1) is 10.2 Å². The van der Waals surface area contributed by atoms with Crippen molar-refractivity contribution in [2.75, 3.05) is 26.9 Å². The Morgan fingerprint density at radius 2 is 2.18 bits per heavy atom. The van der Waals surface area contributed by atoms with Gasteiger partial charge in [0.05, 0.1) is 32.4 Å². The molecular weight excluding hydrogens is 282 g/mol. The van der Waals surface area contributed by atoms with Gasteiger partial charge in [-0.3, -0.25) is 4.90 Å². The zero-order valence-electron chi connectivity index (χ0n) is 13.0. The van der Waals surface area contributed by atoms with Gasteiger partial charge < -0.3 is 13.9 Å². The zero-order chi connectivity index (χ0) is 15.4. The number of rotatable bonds is 5. The van der Waals surface area contributed by atoms with Crippen LogP contribution >= 0.6 is 0 Å². The molecule has 22 heavy (non-hydrogen) atoms. The first kappa shape index (κ1) is 15.0. The van der Waals surface area contributed by atoms with E-state index in [1.165, 1.54) is 0 Å². The fourth-order valence-electron chi connectivity index (χ4n) is 2.69. The van der Waals surface area contributed by atoms with E-state index in [2.05, 4.69) is 22.0 Å². The summed E-state index contributed by atoms with van der Waals surface area (Å²) >= 11 is 0. The molecule has 0 amide bonds. The van der Waals surface area contributed by atoms with Gasteiger partial charge in [0.25, 0.3) is 5.89 Å². The molecule has 0 unspecified atom stereocenters. The number of nitrogens with zero attached hydrogens (tertiary/aromatic N) is 3. The number of hydrogen-bond donors (Lipinski definition) is 0. The van der Waals surface area contributed by atoms with Crippen LogP contribution in [0.15, 0.2) is 28.7 Å². The maximum absolute atomic E-state index is 5.82. The number of benzene rings is 1. The molecule has 6 heteroatoms. The third kappa shape index (κ3) is 3.13. The summed E-state index contributed by atoms with van der Waals surface area (Å²) in [6, 6.07) is 8.06. The highest BCUT2D eigenvalue weighted by Gasteiger charge is 2.23. The van der Waals surface area contributed by atoms with Crippen LogP contribution in [0.3, 0.4) is 0 Å². The van der Waals surface area contributed by atoms with Gasteiger partial charge in [-0.1, -0.05) is 19.1 Å². The first-order chi connectivity index (χ1) is 10.8. The van der Waals surface area contributed by atoms with Crippen LogP contribution in [0.1, 0.15) is 19.2 Å². The average molecular weight is 303 g/mol. The van der Waals surface area contributed by atoms with Crippen molar-refractivity contribution in [3.63, 3.8) is 0 Å². The molecule has 1 fully saturated rings. The van der Waals surface area contributed by atoms with Crippen LogP contribution in [-0.4, -0.2) is 48.0 Å². The molecule has 0 bridgehead atoms. The second kappa shape index (κ2) is 6.89. The molecule has 2 aromatic rings. The Bertz CT molecular complexity index is 614. The lowest BCUT2D eigenvalue weighted by Crippen LogP contribution is -2.44. The Morgan fingerprint density at radius 3 is 3.00 bits per heavy atom.